The van der Waals surface area contributed by atoms with Crippen molar-refractivity contribution in [1.82, 2.24) is 0 Å². The number of carbonyl (C=O) groups excluding carboxylic acids is 1. The van der Waals surface area contributed by atoms with Gasteiger partial charge in [-0.1, -0.05) is 39.0 Å². The van der Waals surface area contributed by atoms with E-state index < -0.39 is 29.7 Å². The Hall–Kier alpha value is -0.983. The van der Waals surface area contributed by atoms with Crippen molar-refractivity contribution in [2.75, 3.05) is 12.4 Å². The molecule has 0 saturated carbocycles. The lowest BCUT2D eigenvalue weighted by Gasteiger charge is -2.35. The van der Waals surface area contributed by atoms with E-state index in [9.17, 15) is 13.2 Å². The molecule has 0 fully saturated rings. The third kappa shape index (κ3) is 5.05. The molecule has 0 amide bonds. The smallest absolute Gasteiger partial charge is 0.192 e. The second-order valence-corrected chi connectivity index (χ2v) is 13.5. The molecule has 0 heterocycles. The second-order valence-electron chi connectivity index (χ2n) is 6.66. The van der Waals surface area contributed by atoms with Gasteiger partial charge in [0.15, 0.2) is 23.9 Å². The third-order valence-electron chi connectivity index (χ3n) is 3.85. The number of sulfone groups is 1. The first-order valence-corrected chi connectivity index (χ1v) is 11.5. The SMILES string of the molecule is CC(C)(C)[Si](C)(C)OCC(=O)[13CH2]S(=O)(=O)c1ccccc1. The molecule has 1 rings (SSSR count). The lowest BCUT2D eigenvalue weighted by molar-refractivity contribution is -0.118. The van der Waals surface area contributed by atoms with Gasteiger partial charge in [0.05, 0.1) is 11.5 Å². The van der Waals surface area contributed by atoms with Gasteiger partial charge >= 0.3 is 0 Å². The molecule has 1 aromatic rings. The quantitative estimate of drug-likeness (QED) is 0.594. The van der Waals surface area contributed by atoms with Gasteiger partial charge < -0.3 is 4.43 Å². The predicted octanol–water partition coefficient (Wildman–Crippen LogP) is 3.05. The lowest BCUT2D eigenvalue weighted by Crippen LogP contribution is -2.42. The van der Waals surface area contributed by atoms with Crippen LogP contribution >= 0.6 is 0 Å². The fourth-order valence-corrected chi connectivity index (χ4v) is 3.64. The van der Waals surface area contributed by atoms with Crippen LogP contribution in [-0.2, 0) is 19.1 Å². The van der Waals surface area contributed by atoms with Crippen molar-refractivity contribution in [3.63, 3.8) is 0 Å². The molecule has 0 aliphatic heterocycles. The molecule has 0 spiro atoms. The van der Waals surface area contributed by atoms with Crippen LogP contribution in [0.5, 0.6) is 0 Å². The Bertz CT molecular complexity index is 586. The number of Topliss-reactive ketones (excluding diaryl/α,β-unsaturated/α-hetero) is 1. The van der Waals surface area contributed by atoms with E-state index in [4.69, 9.17) is 4.43 Å². The van der Waals surface area contributed by atoms with E-state index >= 15 is 0 Å². The van der Waals surface area contributed by atoms with Gasteiger partial charge in [0.2, 0.25) is 0 Å². The number of hydrogen-bond donors (Lipinski definition) is 0. The van der Waals surface area contributed by atoms with E-state index in [1.165, 1.54) is 12.1 Å². The molecule has 0 atom stereocenters. The molecule has 0 unspecified atom stereocenters. The minimum absolute atomic E-state index is 0.00835. The first-order valence-electron chi connectivity index (χ1n) is 6.89. The van der Waals surface area contributed by atoms with E-state index in [1.54, 1.807) is 18.2 Å². The van der Waals surface area contributed by atoms with Crippen LogP contribution in [0.4, 0.5) is 0 Å². The van der Waals surface area contributed by atoms with Crippen molar-refractivity contribution in [2.24, 2.45) is 0 Å². The molecule has 0 N–H and O–H groups in total. The van der Waals surface area contributed by atoms with Gasteiger partial charge in [-0.05, 0) is 30.3 Å². The van der Waals surface area contributed by atoms with Gasteiger partial charge in [-0.2, -0.15) is 0 Å². The Kier molecular flexibility index (Phi) is 5.52. The molecule has 0 aliphatic carbocycles. The fraction of sp³-hybridized carbons (Fsp3) is 0.533. The molecule has 0 aliphatic rings. The van der Waals surface area contributed by atoms with Crippen LogP contribution in [0.15, 0.2) is 35.2 Å². The summed E-state index contributed by atoms with van der Waals surface area (Å²) < 4.78 is 30.0. The molecule has 0 radical (unpaired) electrons. The summed E-state index contributed by atoms with van der Waals surface area (Å²) in [5.74, 6) is -0.908. The standard InChI is InChI=1S/C15H24O4SSi/c1-15(2,3)21(4,5)19-11-13(16)12-20(17,18)14-9-7-6-8-10-14/h6-10H,11-12H2,1-5H3/i12+1. The molecule has 21 heavy (non-hydrogen) atoms. The third-order valence-corrected chi connectivity index (χ3v) is 10.0. The van der Waals surface area contributed by atoms with E-state index in [-0.39, 0.29) is 16.5 Å². The van der Waals surface area contributed by atoms with Crippen molar-refractivity contribution in [3.05, 3.63) is 30.3 Å². The van der Waals surface area contributed by atoms with Gasteiger partial charge in [0.1, 0.15) is 5.75 Å². The number of rotatable bonds is 6. The van der Waals surface area contributed by atoms with Crippen molar-refractivity contribution in [2.45, 2.75) is 43.8 Å². The number of ketones is 1. The van der Waals surface area contributed by atoms with Gasteiger partial charge in [0.25, 0.3) is 0 Å². The minimum Gasteiger partial charge on any atom is -0.409 e. The Morgan fingerprint density at radius 3 is 2.14 bits per heavy atom. The molecular formula is C15H24O4SSi. The maximum atomic E-state index is 12.1. The van der Waals surface area contributed by atoms with Gasteiger partial charge in [-0.25, -0.2) is 8.42 Å². The van der Waals surface area contributed by atoms with E-state index in [1.807, 2.05) is 13.1 Å². The molecule has 0 saturated heterocycles. The van der Waals surface area contributed by atoms with Crippen LogP contribution in [0.1, 0.15) is 20.8 Å². The highest BCUT2D eigenvalue weighted by Gasteiger charge is 2.37. The first kappa shape index (κ1) is 18.1. The van der Waals surface area contributed by atoms with E-state index in [2.05, 4.69) is 20.8 Å². The van der Waals surface area contributed by atoms with E-state index in [0.29, 0.717) is 0 Å². The topological polar surface area (TPSA) is 60.4 Å². The lowest BCUT2D eigenvalue weighted by atomic mass is 10.2. The minimum atomic E-state index is -3.58. The number of hydrogen-bond acceptors (Lipinski definition) is 4. The molecule has 0 bridgehead atoms. The van der Waals surface area contributed by atoms with Crippen LogP contribution in [0.25, 0.3) is 0 Å². The molecule has 0 aromatic heterocycles. The summed E-state index contributed by atoms with van der Waals surface area (Å²) in [5.41, 5.74) is 0. The van der Waals surface area contributed by atoms with Crippen molar-refractivity contribution in [1.29, 1.82) is 0 Å². The first-order chi connectivity index (χ1) is 9.46. The average molecular weight is 329 g/mol. The van der Waals surface area contributed by atoms with Crippen molar-refractivity contribution < 1.29 is 17.6 Å². The summed E-state index contributed by atoms with van der Waals surface area (Å²) in [4.78, 5) is 12.1. The molecule has 4 nitrogen and oxygen atoms in total. The summed E-state index contributed by atoms with van der Waals surface area (Å²) >= 11 is 0. The van der Waals surface area contributed by atoms with Crippen LogP contribution < -0.4 is 0 Å². The van der Waals surface area contributed by atoms with Gasteiger partial charge in [-0.3, -0.25) is 4.79 Å². The Morgan fingerprint density at radius 1 is 1.14 bits per heavy atom. The highest BCUT2D eigenvalue weighted by Crippen LogP contribution is 2.36. The largest absolute Gasteiger partial charge is 0.409 e. The highest BCUT2D eigenvalue weighted by atomic mass is 32.2. The van der Waals surface area contributed by atoms with Crippen LogP contribution in [-0.4, -0.2) is 34.9 Å². The Morgan fingerprint density at radius 2 is 1.67 bits per heavy atom. The normalized spacial score (nSPS) is 13.2. The van der Waals surface area contributed by atoms with Crippen LogP contribution in [0.2, 0.25) is 18.1 Å². The zero-order valence-corrected chi connectivity index (χ0v) is 15.2. The van der Waals surface area contributed by atoms with Crippen molar-refractivity contribution in [3.8, 4) is 0 Å². The Balaban J connectivity index is 2.67. The predicted molar refractivity (Wildman–Crippen MR) is 86.7 cm³/mol. The van der Waals surface area contributed by atoms with Crippen molar-refractivity contribution >= 4 is 23.9 Å². The molecular weight excluding hydrogens is 305 g/mol. The summed E-state index contributed by atoms with van der Waals surface area (Å²) in [6, 6.07) is 8.02. The second kappa shape index (κ2) is 6.42. The maximum Gasteiger partial charge on any atom is 0.192 e. The zero-order valence-electron chi connectivity index (χ0n) is 13.3. The Labute approximate surface area is 128 Å². The number of benzene rings is 1. The average Bonchev–Trinajstić information content (AvgIpc) is 2.36. The summed E-state index contributed by atoms with van der Waals surface area (Å²) in [7, 11) is -5.61. The molecule has 118 valence electrons. The summed E-state index contributed by atoms with van der Waals surface area (Å²) in [6.07, 6.45) is 0. The number of carbonyl (C=O) groups is 1. The monoisotopic (exact) mass is 329 g/mol. The molecule has 6 heteroatoms. The summed E-state index contributed by atoms with van der Waals surface area (Å²) in [5, 5.41) is -0.00835. The maximum absolute atomic E-state index is 12.1. The van der Waals surface area contributed by atoms with Gasteiger partial charge in [-0.15, -0.1) is 0 Å². The highest BCUT2D eigenvalue weighted by molar-refractivity contribution is 7.92. The van der Waals surface area contributed by atoms with Crippen LogP contribution in [0, 0.1) is 0 Å². The molecule has 1 aromatic carbocycles. The summed E-state index contributed by atoms with van der Waals surface area (Å²) in [6.45, 7) is 10.2. The van der Waals surface area contributed by atoms with E-state index in [0.717, 1.165) is 0 Å². The zero-order chi connectivity index (χ0) is 16.3. The fourth-order valence-electron chi connectivity index (χ4n) is 1.44. The van der Waals surface area contributed by atoms with Crippen LogP contribution in [0.3, 0.4) is 0 Å². The van der Waals surface area contributed by atoms with Gasteiger partial charge in [0, 0.05) is 0 Å².